The van der Waals surface area contributed by atoms with Crippen molar-refractivity contribution in [2.45, 2.75) is 26.4 Å². The summed E-state index contributed by atoms with van der Waals surface area (Å²) in [7, 11) is 1.68. The number of hydrogen-bond donors (Lipinski definition) is 0. The van der Waals surface area contributed by atoms with Gasteiger partial charge in [-0.1, -0.05) is 23.8 Å². The first-order chi connectivity index (χ1) is 10.5. The van der Waals surface area contributed by atoms with E-state index in [1.54, 1.807) is 7.05 Å². The Morgan fingerprint density at radius 1 is 1.27 bits per heavy atom. The molecule has 1 atom stereocenters. The maximum Gasteiger partial charge on any atom is 0.289 e. The number of nitrogens with zero attached hydrogens (tertiary/aromatic N) is 2. The average molecular weight is 314 g/mol. The standard InChI is InChI=1S/C17H18N2O2S/c1-11(2)7-9-19-10-8-12-13(5-4-6-14(12)19)15-16(20)22-17(21)18(15)3/h4-8,10,15H,9H2,1-3H3. The summed E-state index contributed by atoms with van der Waals surface area (Å²) < 4.78 is 2.15. The lowest BCUT2D eigenvalue weighted by atomic mass is 10.0. The van der Waals surface area contributed by atoms with Crippen LogP contribution in [0.15, 0.2) is 42.1 Å². The summed E-state index contributed by atoms with van der Waals surface area (Å²) in [6.07, 6.45) is 4.19. The monoisotopic (exact) mass is 314 g/mol. The molecular formula is C17H18N2O2S. The lowest BCUT2D eigenvalue weighted by Gasteiger charge is -2.18. The summed E-state index contributed by atoms with van der Waals surface area (Å²) in [4.78, 5) is 25.4. The fourth-order valence-electron chi connectivity index (χ4n) is 2.74. The molecule has 4 nitrogen and oxygen atoms in total. The van der Waals surface area contributed by atoms with E-state index < -0.39 is 6.04 Å². The van der Waals surface area contributed by atoms with Crippen LogP contribution in [0.1, 0.15) is 25.5 Å². The van der Waals surface area contributed by atoms with Gasteiger partial charge in [-0.2, -0.15) is 0 Å². The molecule has 1 unspecified atom stereocenters. The summed E-state index contributed by atoms with van der Waals surface area (Å²) in [5.41, 5.74) is 3.26. The zero-order chi connectivity index (χ0) is 15.9. The Morgan fingerprint density at radius 3 is 2.68 bits per heavy atom. The lowest BCUT2D eigenvalue weighted by Crippen LogP contribution is -2.23. The minimum absolute atomic E-state index is 0.1000. The summed E-state index contributed by atoms with van der Waals surface area (Å²) in [6.45, 7) is 4.95. The van der Waals surface area contributed by atoms with Crippen LogP contribution in [0.2, 0.25) is 0 Å². The molecule has 1 aliphatic heterocycles. The lowest BCUT2D eigenvalue weighted by molar-refractivity contribution is -0.113. The number of aromatic nitrogens is 1. The molecule has 1 aromatic carbocycles. The predicted octanol–water partition coefficient (Wildman–Crippen LogP) is 3.97. The highest BCUT2D eigenvalue weighted by molar-refractivity contribution is 8.26. The summed E-state index contributed by atoms with van der Waals surface area (Å²) in [5.74, 6) is 0. The van der Waals surface area contributed by atoms with Gasteiger partial charge in [-0.15, -0.1) is 0 Å². The first-order valence-corrected chi connectivity index (χ1v) is 8.00. The van der Waals surface area contributed by atoms with E-state index in [2.05, 4.69) is 24.5 Å². The van der Waals surface area contributed by atoms with Crippen molar-refractivity contribution >= 4 is 33.0 Å². The number of thioether (sulfide) groups is 1. The van der Waals surface area contributed by atoms with Crippen LogP contribution in [0.5, 0.6) is 0 Å². The molecule has 2 aromatic rings. The fourth-order valence-corrected chi connectivity index (χ4v) is 3.56. The van der Waals surface area contributed by atoms with Crippen LogP contribution in [0.3, 0.4) is 0 Å². The van der Waals surface area contributed by atoms with Crippen molar-refractivity contribution in [2.75, 3.05) is 7.05 Å². The summed E-state index contributed by atoms with van der Waals surface area (Å²) >= 11 is 0.793. The van der Waals surface area contributed by atoms with Gasteiger partial charge in [-0.3, -0.25) is 9.59 Å². The summed E-state index contributed by atoms with van der Waals surface area (Å²) in [5, 5.41) is 0.748. The fraction of sp³-hybridized carbons (Fsp3) is 0.294. The van der Waals surface area contributed by atoms with Crippen molar-refractivity contribution in [2.24, 2.45) is 0 Å². The SMILES string of the molecule is CC(C)=CCn1ccc2c(C3C(=O)SC(=O)N3C)cccc21. The van der Waals surface area contributed by atoms with Crippen molar-refractivity contribution < 1.29 is 9.59 Å². The average Bonchev–Trinajstić information content (AvgIpc) is 2.99. The van der Waals surface area contributed by atoms with Gasteiger partial charge in [0.1, 0.15) is 6.04 Å². The van der Waals surface area contributed by atoms with Crippen LogP contribution in [0.25, 0.3) is 10.9 Å². The largest absolute Gasteiger partial charge is 0.344 e. The Bertz CT molecular complexity index is 787. The zero-order valence-electron chi connectivity index (χ0n) is 12.9. The Hall–Kier alpha value is -2.01. The topological polar surface area (TPSA) is 42.3 Å². The van der Waals surface area contributed by atoms with Crippen molar-refractivity contribution in [3.05, 3.63) is 47.7 Å². The third kappa shape index (κ3) is 2.46. The van der Waals surface area contributed by atoms with E-state index in [4.69, 9.17) is 0 Å². The number of carbonyl (C=O) groups is 2. The van der Waals surface area contributed by atoms with Gasteiger partial charge in [-0.05, 0) is 31.5 Å². The van der Waals surface area contributed by atoms with Crippen molar-refractivity contribution in [1.82, 2.24) is 9.47 Å². The van der Waals surface area contributed by atoms with Gasteiger partial charge < -0.3 is 9.47 Å². The molecule has 2 heterocycles. The number of hydrogen-bond acceptors (Lipinski definition) is 3. The van der Waals surface area contributed by atoms with Gasteiger partial charge in [0.15, 0.2) is 0 Å². The molecule has 5 heteroatoms. The number of allylic oxidation sites excluding steroid dienone is 2. The minimum Gasteiger partial charge on any atom is -0.344 e. The third-order valence-electron chi connectivity index (χ3n) is 3.92. The molecule has 0 aliphatic carbocycles. The molecule has 0 saturated carbocycles. The molecule has 1 aliphatic rings. The third-order valence-corrected chi connectivity index (χ3v) is 4.81. The van der Waals surface area contributed by atoms with Crippen molar-refractivity contribution in [3.63, 3.8) is 0 Å². The van der Waals surface area contributed by atoms with Gasteiger partial charge in [0.25, 0.3) is 5.24 Å². The molecule has 0 spiro atoms. The van der Waals surface area contributed by atoms with E-state index in [1.165, 1.54) is 10.5 Å². The molecule has 3 rings (SSSR count). The molecule has 1 amide bonds. The Kier molecular flexibility index (Phi) is 3.83. The van der Waals surface area contributed by atoms with E-state index in [0.29, 0.717) is 0 Å². The first-order valence-electron chi connectivity index (χ1n) is 7.18. The Labute approximate surface area is 133 Å². The van der Waals surface area contributed by atoms with Gasteiger partial charge in [-0.25, -0.2) is 0 Å². The Balaban J connectivity index is 2.07. The first kappa shape index (κ1) is 14.9. The highest BCUT2D eigenvalue weighted by atomic mass is 32.2. The van der Waals surface area contributed by atoms with Crippen molar-refractivity contribution in [3.8, 4) is 0 Å². The van der Waals surface area contributed by atoms with Crippen molar-refractivity contribution in [1.29, 1.82) is 0 Å². The number of rotatable bonds is 3. The van der Waals surface area contributed by atoms with Crippen LogP contribution in [0, 0.1) is 0 Å². The highest BCUT2D eigenvalue weighted by Gasteiger charge is 2.39. The Morgan fingerprint density at radius 2 is 2.05 bits per heavy atom. The predicted molar refractivity (Wildman–Crippen MR) is 89.9 cm³/mol. The van der Waals surface area contributed by atoms with Crippen LogP contribution in [-0.2, 0) is 11.3 Å². The smallest absolute Gasteiger partial charge is 0.289 e. The van der Waals surface area contributed by atoms with Gasteiger partial charge in [0.05, 0.1) is 0 Å². The van der Waals surface area contributed by atoms with Gasteiger partial charge in [0.2, 0.25) is 5.12 Å². The second-order valence-corrected chi connectivity index (χ2v) is 6.69. The molecule has 0 bridgehead atoms. The second kappa shape index (κ2) is 5.65. The summed E-state index contributed by atoms with van der Waals surface area (Å²) in [6, 6.07) is 7.47. The number of amides is 1. The highest BCUT2D eigenvalue weighted by Crippen LogP contribution is 2.38. The van der Waals surface area contributed by atoms with Crippen LogP contribution in [0.4, 0.5) is 4.79 Å². The molecule has 1 saturated heterocycles. The number of fused-ring (bicyclic) bond motifs is 1. The minimum atomic E-state index is -0.486. The molecular weight excluding hydrogens is 296 g/mol. The van der Waals surface area contributed by atoms with Gasteiger partial charge in [0, 0.05) is 42.5 Å². The number of carbonyl (C=O) groups excluding carboxylic acids is 2. The van der Waals surface area contributed by atoms with Crippen LogP contribution in [-0.4, -0.2) is 26.9 Å². The van der Waals surface area contributed by atoms with E-state index in [0.717, 1.165) is 34.8 Å². The van der Waals surface area contributed by atoms with Crippen LogP contribution >= 0.6 is 11.8 Å². The van der Waals surface area contributed by atoms with E-state index in [9.17, 15) is 9.59 Å². The number of likely N-dealkylation sites (N-methyl/N-ethyl adjacent to an activating group) is 1. The van der Waals surface area contributed by atoms with Gasteiger partial charge >= 0.3 is 0 Å². The quantitative estimate of drug-likeness (QED) is 0.805. The molecule has 22 heavy (non-hydrogen) atoms. The molecule has 1 fully saturated rings. The van der Waals surface area contributed by atoms with E-state index >= 15 is 0 Å². The van der Waals surface area contributed by atoms with Crippen LogP contribution < -0.4 is 0 Å². The zero-order valence-corrected chi connectivity index (χ0v) is 13.7. The second-order valence-electron chi connectivity index (χ2n) is 5.73. The van der Waals surface area contributed by atoms with E-state index in [1.807, 2.05) is 30.5 Å². The molecule has 114 valence electrons. The molecule has 0 N–H and O–H groups in total. The van der Waals surface area contributed by atoms with E-state index in [-0.39, 0.29) is 10.4 Å². The maximum atomic E-state index is 12.1. The molecule has 0 radical (unpaired) electrons. The molecule has 1 aromatic heterocycles. The number of benzene rings is 1. The normalized spacial score (nSPS) is 18.3. The maximum absolute atomic E-state index is 12.1.